The number of hydrogen-bond acceptors (Lipinski definition) is 2. The Bertz CT molecular complexity index is 414. The first-order valence-electron chi connectivity index (χ1n) is 3.89. The van der Waals surface area contributed by atoms with Crippen LogP contribution in [0.25, 0.3) is 12.2 Å². The minimum Gasteiger partial charge on any atom is -0.151 e. The lowest BCUT2D eigenvalue weighted by atomic mass is 10.2. The van der Waals surface area contributed by atoms with Gasteiger partial charge in [-0.05, 0) is 60.4 Å². The minimum atomic E-state index is 1.17. The van der Waals surface area contributed by atoms with Crippen LogP contribution in [0, 0.1) is 3.57 Å². The molecule has 2 aromatic heterocycles. The predicted octanol–water partition coefficient (Wildman–Crippen LogP) is 5.35. The summed E-state index contributed by atoms with van der Waals surface area (Å²) in [6.45, 7) is 0. The average molecular weight is 397 g/mol. The van der Waals surface area contributed by atoms with Crippen LogP contribution in [0.2, 0.25) is 0 Å². The maximum atomic E-state index is 3.51. The van der Waals surface area contributed by atoms with Gasteiger partial charge in [-0.3, -0.25) is 0 Å². The summed E-state index contributed by atoms with van der Waals surface area (Å²) >= 11 is 9.31. The second-order valence-electron chi connectivity index (χ2n) is 2.68. The van der Waals surface area contributed by atoms with Crippen LogP contribution in [0.4, 0.5) is 0 Å². The van der Waals surface area contributed by atoms with E-state index in [1.807, 2.05) is 0 Å². The molecule has 0 radical (unpaired) electrons. The zero-order chi connectivity index (χ0) is 9.97. The van der Waals surface area contributed by atoms with Crippen LogP contribution in [0.5, 0.6) is 0 Å². The van der Waals surface area contributed by atoms with Gasteiger partial charge in [-0.1, -0.05) is 12.2 Å². The molecule has 0 fully saturated rings. The standard InChI is InChI=1S/C10H6BrIS2/c11-9-5-13-3-7(9)1-2-8-4-14-6-10(8)12/h1-6H/b2-1-. The van der Waals surface area contributed by atoms with E-state index in [-0.39, 0.29) is 0 Å². The third kappa shape index (κ3) is 2.48. The quantitative estimate of drug-likeness (QED) is 0.600. The molecule has 0 N–H and O–H groups in total. The van der Waals surface area contributed by atoms with Gasteiger partial charge in [-0.25, -0.2) is 0 Å². The Morgan fingerprint density at radius 1 is 1.00 bits per heavy atom. The van der Waals surface area contributed by atoms with Gasteiger partial charge in [-0.15, -0.1) is 0 Å². The van der Waals surface area contributed by atoms with Gasteiger partial charge >= 0.3 is 0 Å². The van der Waals surface area contributed by atoms with Crippen LogP contribution >= 0.6 is 61.2 Å². The summed E-state index contributed by atoms with van der Waals surface area (Å²) in [6, 6.07) is 0. The largest absolute Gasteiger partial charge is 0.151 e. The minimum absolute atomic E-state index is 1.17. The number of halogens is 2. The Morgan fingerprint density at radius 2 is 1.64 bits per heavy atom. The molecule has 2 aromatic rings. The van der Waals surface area contributed by atoms with Crippen molar-refractivity contribution >= 4 is 73.3 Å². The molecule has 2 heterocycles. The summed E-state index contributed by atoms with van der Waals surface area (Å²) in [5.41, 5.74) is 2.55. The second kappa shape index (κ2) is 4.92. The lowest BCUT2D eigenvalue weighted by Crippen LogP contribution is -1.69. The molecule has 0 aromatic carbocycles. The molecule has 14 heavy (non-hydrogen) atoms. The molecule has 72 valence electrons. The second-order valence-corrected chi connectivity index (χ2v) is 6.19. The molecule has 0 nitrogen and oxygen atoms in total. The predicted molar refractivity (Wildman–Crippen MR) is 78.0 cm³/mol. The molecule has 0 atom stereocenters. The van der Waals surface area contributed by atoms with E-state index >= 15 is 0 Å². The fourth-order valence-electron chi connectivity index (χ4n) is 1.00. The molecule has 4 heteroatoms. The Morgan fingerprint density at radius 3 is 2.21 bits per heavy atom. The summed E-state index contributed by atoms with van der Waals surface area (Å²) in [7, 11) is 0. The molecule has 2 rings (SSSR count). The van der Waals surface area contributed by atoms with Gasteiger partial charge in [0.05, 0.1) is 0 Å². The topological polar surface area (TPSA) is 0 Å². The highest BCUT2D eigenvalue weighted by atomic mass is 127. The summed E-state index contributed by atoms with van der Waals surface area (Å²) in [5, 5.41) is 8.56. The van der Waals surface area contributed by atoms with E-state index in [1.165, 1.54) is 19.2 Å². The van der Waals surface area contributed by atoms with Crippen LogP contribution in [0.1, 0.15) is 11.1 Å². The van der Waals surface area contributed by atoms with E-state index in [0.717, 1.165) is 0 Å². The van der Waals surface area contributed by atoms with E-state index in [2.05, 4.69) is 72.2 Å². The third-order valence-electron chi connectivity index (χ3n) is 1.73. The van der Waals surface area contributed by atoms with E-state index in [4.69, 9.17) is 0 Å². The maximum Gasteiger partial charge on any atom is 0.0354 e. The van der Waals surface area contributed by atoms with E-state index < -0.39 is 0 Å². The Labute approximate surface area is 113 Å². The summed E-state index contributed by atoms with van der Waals surface area (Å²) in [4.78, 5) is 0. The van der Waals surface area contributed by atoms with Gasteiger partial charge in [0, 0.05) is 18.8 Å². The van der Waals surface area contributed by atoms with Crippen molar-refractivity contribution in [3.63, 3.8) is 0 Å². The van der Waals surface area contributed by atoms with E-state index in [9.17, 15) is 0 Å². The number of thiophene rings is 2. The smallest absolute Gasteiger partial charge is 0.0354 e. The van der Waals surface area contributed by atoms with Crippen LogP contribution < -0.4 is 0 Å². The van der Waals surface area contributed by atoms with Crippen molar-refractivity contribution in [3.8, 4) is 0 Å². The van der Waals surface area contributed by atoms with Crippen molar-refractivity contribution in [3.05, 3.63) is 40.7 Å². The van der Waals surface area contributed by atoms with Gasteiger partial charge in [0.25, 0.3) is 0 Å². The van der Waals surface area contributed by atoms with Crippen LogP contribution in [0.3, 0.4) is 0 Å². The van der Waals surface area contributed by atoms with Crippen molar-refractivity contribution in [2.75, 3.05) is 0 Å². The fraction of sp³-hybridized carbons (Fsp3) is 0. The summed E-state index contributed by atoms with van der Waals surface area (Å²) in [5.74, 6) is 0. The highest BCUT2D eigenvalue weighted by Gasteiger charge is 1.98. The number of rotatable bonds is 2. The lowest BCUT2D eigenvalue weighted by molar-refractivity contribution is 1.76. The molecular formula is C10H6BrIS2. The first-order chi connectivity index (χ1) is 6.77. The van der Waals surface area contributed by atoms with Crippen LogP contribution in [0.15, 0.2) is 26.0 Å². The van der Waals surface area contributed by atoms with Crippen molar-refractivity contribution in [2.45, 2.75) is 0 Å². The van der Waals surface area contributed by atoms with Gasteiger partial charge in [0.15, 0.2) is 0 Å². The molecule has 0 amide bonds. The zero-order valence-corrected chi connectivity index (χ0v) is 12.4. The average Bonchev–Trinajstić information content (AvgIpc) is 2.72. The van der Waals surface area contributed by atoms with E-state index in [0.29, 0.717) is 0 Å². The molecule has 0 saturated carbocycles. The Kier molecular flexibility index (Phi) is 3.81. The first-order valence-corrected chi connectivity index (χ1v) is 7.64. The van der Waals surface area contributed by atoms with E-state index in [1.54, 1.807) is 22.7 Å². The molecule has 0 aliphatic heterocycles. The Balaban J connectivity index is 2.23. The maximum absolute atomic E-state index is 3.51. The van der Waals surface area contributed by atoms with Crippen molar-refractivity contribution in [2.24, 2.45) is 0 Å². The highest BCUT2D eigenvalue weighted by Crippen LogP contribution is 2.25. The van der Waals surface area contributed by atoms with Crippen LogP contribution in [-0.2, 0) is 0 Å². The lowest BCUT2D eigenvalue weighted by Gasteiger charge is -1.89. The normalized spacial score (nSPS) is 11.3. The molecule has 0 bridgehead atoms. The van der Waals surface area contributed by atoms with Gasteiger partial charge < -0.3 is 0 Å². The molecule has 0 saturated heterocycles. The van der Waals surface area contributed by atoms with Gasteiger partial charge in [0.2, 0.25) is 0 Å². The molecule has 0 spiro atoms. The molecule has 0 unspecified atom stereocenters. The summed E-state index contributed by atoms with van der Waals surface area (Å²) < 4.78 is 2.49. The van der Waals surface area contributed by atoms with Crippen molar-refractivity contribution < 1.29 is 0 Å². The first kappa shape index (κ1) is 10.9. The SMILES string of the molecule is Brc1cscc1/C=C\c1cscc1I. The van der Waals surface area contributed by atoms with Crippen LogP contribution in [-0.4, -0.2) is 0 Å². The third-order valence-corrected chi connectivity index (χ3v) is 5.60. The Hall–Kier alpha value is 0.350. The fourth-order valence-corrected chi connectivity index (χ4v) is 4.06. The molecular weight excluding hydrogens is 391 g/mol. The number of hydrogen-bond donors (Lipinski definition) is 0. The van der Waals surface area contributed by atoms with Gasteiger partial charge in [0.1, 0.15) is 0 Å². The molecule has 0 aliphatic rings. The highest BCUT2D eigenvalue weighted by molar-refractivity contribution is 14.1. The summed E-state index contributed by atoms with van der Waals surface area (Å²) in [6.07, 6.45) is 4.30. The van der Waals surface area contributed by atoms with Crippen molar-refractivity contribution in [1.29, 1.82) is 0 Å². The van der Waals surface area contributed by atoms with Crippen molar-refractivity contribution in [1.82, 2.24) is 0 Å². The zero-order valence-electron chi connectivity index (χ0n) is 7.04. The monoisotopic (exact) mass is 396 g/mol. The van der Waals surface area contributed by atoms with Gasteiger partial charge in [-0.2, -0.15) is 22.7 Å². The molecule has 0 aliphatic carbocycles.